The number of carbonyl (C=O) groups is 2. The van der Waals surface area contributed by atoms with Crippen LogP contribution in [0.3, 0.4) is 0 Å². The van der Waals surface area contributed by atoms with Crippen LogP contribution < -0.4 is 10.4 Å². The molecular weight excluding hydrogens is 396 g/mol. The fraction of sp³-hybridized carbons (Fsp3) is 0.167. The van der Waals surface area contributed by atoms with Crippen LogP contribution in [0.4, 0.5) is 5.69 Å². The highest BCUT2D eigenvalue weighted by molar-refractivity contribution is 5.79. The quantitative estimate of drug-likeness (QED) is 0.425. The van der Waals surface area contributed by atoms with Gasteiger partial charge in [-0.2, -0.15) is 0 Å². The van der Waals surface area contributed by atoms with Gasteiger partial charge < -0.3 is 15.2 Å². The molecule has 3 rings (SSSR count). The minimum absolute atomic E-state index is 0.0898. The largest absolute Gasteiger partial charge is 0.550 e. The fourth-order valence-electron chi connectivity index (χ4n) is 3.51. The number of nitrogens with one attached hydrogen (secondary N) is 1. The number of hydrogen-bond acceptors (Lipinski definition) is 5. The lowest BCUT2D eigenvalue weighted by molar-refractivity contribution is -0.385. The van der Waals surface area contributed by atoms with Crippen LogP contribution in [-0.2, 0) is 9.59 Å². The van der Waals surface area contributed by atoms with Crippen molar-refractivity contribution in [3.63, 3.8) is 0 Å². The van der Waals surface area contributed by atoms with E-state index in [2.05, 4.69) is 5.32 Å². The predicted molar refractivity (Wildman–Crippen MR) is 113 cm³/mol. The van der Waals surface area contributed by atoms with E-state index in [1.807, 2.05) is 60.7 Å². The third kappa shape index (κ3) is 5.99. The number of rotatable bonds is 9. The molecule has 31 heavy (non-hydrogen) atoms. The second-order valence-corrected chi connectivity index (χ2v) is 7.13. The third-order valence-corrected chi connectivity index (χ3v) is 4.98. The first-order valence-corrected chi connectivity index (χ1v) is 9.77. The van der Waals surface area contributed by atoms with Gasteiger partial charge in [0.25, 0.3) is 5.69 Å². The molecule has 1 unspecified atom stereocenters. The average Bonchev–Trinajstić information content (AvgIpc) is 2.78. The summed E-state index contributed by atoms with van der Waals surface area (Å²) in [6, 6.07) is 23.7. The second kappa shape index (κ2) is 10.2. The Morgan fingerprint density at radius 1 is 0.806 bits per heavy atom. The maximum absolute atomic E-state index is 12.9. The molecule has 3 aromatic carbocycles. The Morgan fingerprint density at radius 2 is 1.35 bits per heavy atom. The Hall–Kier alpha value is -4.00. The number of aliphatic carboxylic acids is 1. The maximum Gasteiger partial charge on any atom is 0.269 e. The number of hydrogen-bond donors (Lipinski definition) is 1. The lowest BCUT2D eigenvalue weighted by atomic mass is 9.88. The molecule has 0 heterocycles. The number of carbonyl (C=O) groups excluding carboxylic acids is 2. The van der Waals surface area contributed by atoms with Gasteiger partial charge in [0.05, 0.1) is 11.0 Å². The van der Waals surface area contributed by atoms with Crippen molar-refractivity contribution in [2.75, 3.05) is 0 Å². The van der Waals surface area contributed by atoms with Gasteiger partial charge in [0.1, 0.15) is 0 Å². The van der Waals surface area contributed by atoms with Gasteiger partial charge >= 0.3 is 0 Å². The highest BCUT2D eigenvalue weighted by atomic mass is 16.6. The zero-order valence-corrected chi connectivity index (χ0v) is 16.6. The van der Waals surface area contributed by atoms with Crippen LogP contribution in [0.5, 0.6) is 0 Å². The number of amides is 1. The summed E-state index contributed by atoms with van der Waals surface area (Å²) in [5.74, 6) is -1.95. The van der Waals surface area contributed by atoms with Crippen molar-refractivity contribution in [1.82, 2.24) is 5.32 Å². The Kier molecular flexibility index (Phi) is 7.11. The maximum atomic E-state index is 12.9. The van der Waals surface area contributed by atoms with Crippen molar-refractivity contribution in [2.24, 2.45) is 0 Å². The summed E-state index contributed by atoms with van der Waals surface area (Å²) in [6.07, 6.45) is -0.402. The first-order valence-electron chi connectivity index (χ1n) is 9.77. The highest BCUT2D eigenvalue weighted by Gasteiger charge is 2.22. The zero-order valence-electron chi connectivity index (χ0n) is 16.6. The van der Waals surface area contributed by atoms with Gasteiger partial charge in [0.2, 0.25) is 5.91 Å². The van der Waals surface area contributed by atoms with Crippen molar-refractivity contribution in [3.8, 4) is 0 Å². The standard InChI is InChI=1S/C24H22N2O5/c27-23(15-21(17-8-3-1-4-9-17)18-10-5-2-6-11-18)25-22(16-24(28)29)19-12-7-13-20(14-19)26(30)31/h1-14,21-22H,15-16H2,(H,25,27)(H,28,29)/p-1. The Bertz CT molecular complexity index is 1010. The normalized spacial score (nSPS) is 11.6. The van der Waals surface area contributed by atoms with Crippen LogP contribution >= 0.6 is 0 Å². The summed E-state index contributed by atoms with van der Waals surface area (Å²) in [6.45, 7) is 0. The first kappa shape index (κ1) is 21.7. The molecule has 158 valence electrons. The molecule has 0 aromatic heterocycles. The van der Waals surface area contributed by atoms with E-state index in [-0.39, 0.29) is 23.9 Å². The topological polar surface area (TPSA) is 112 Å². The van der Waals surface area contributed by atoms with E-state index in [1.54, 1.807) is 6.07 Å². The van der Waals surface area contributed by atoms with E-state index < -0.39 is 23.4 Å². The minimum atomic E-state index is -1.36. The van der Waals surface area contributed by atoms with Crippen LogP contribution in [0.2, 0.25) is 0 Å². The molecule has 0 radical (unpaired) electrons. The highest BCUT2D eigenvalue weighted by Crippen LogP contribution is 2.29. The van der Waals surface area contributed by atoms with E-state index in [0.29, 0.717) is 5.56 Å². The van der Waals surface area contributed by atoms with Crippen LogP contribution in [0, 0.1) is 10.1 Å². The summed E-state index contributed by atoms with van der Waals surface area (Å²) < 4.78 is 0. The van der Waals surface area contributed by atoms with E-state index in [4.69, 9.17) is 0 Å². The summed E-state index contributed by atoms with van der Waals surface area (Å²) in [5, 5.41) is 25.0. The zero-order chi connectivity index (χ0) is 22.2. The van der Waals surface area contributed by atoms with Crippen molar-refractivity contribution in [2.45, 2.75) is 24.8 Å². The smallest absolute Gasteiger partial charge is 0.269 e. The number of nitro benzene ring substituents is 1. The predicted octanol–water partition coefficient (Wildman–Crippen LogP) is 3.11. The number of non-ortho nitro benzene ring substituents is 1. The van der Waals surface area contributed by atoms with Crippen molar-refractivity contribution in [1.29, 1.82) is 0 Å². The molecule has 1 atom stereocenters. The average molecular weight is 417 g/mol. The van der Waals surface area contributed by atoms with Gasteiger partial charge in [-0.05, 0) is 16.7 Å². The van der Waals surface area contributed by atoms with Crippen molar-refractivity contribution < 1.29 is 19.6 Å². The lowest BCUT2D eigenvalue weighted by Gasteiger charge is -2.22. The third-order valence-electron chi connectivity index (χ3n) is 4.98. The number of benzene rings is 3. The second-order valence-electron chi connectivity index (χ2n) is 7.13. The van der Waals surface area contributed by atoms with Crippen LogP contribution in [-0.4, -0.2) is 16.8 Å². The van der Waals surface area contributed by atoms with E-state index in [0.717, 1.165) is 11.1 Å². The van der Waals surface area contributed by atoms with Gasteiger partial charge in [-0.3, -0.25) is 14.9 Å². The molecule has 0 spiro atoms. The molecule has 3 aromatic rings. The number of carboxylic acid groups (broad SMARTS) is 1. The number of nitro groups is 1. The molecule has 0 aliphatic rings. The molecule has 0 saturated heterocycles. The molecule has 1 N–H and O–H groups in total. The van der Waals surface area contributed by atoms with Crippen LogP contribution in [0.25, 0.3) is 0 Å². The van der Waals surface area contributed by atoms with Gasteiger partial charge in [0.15, 0.2) is 0 Å². The molecule has 0 aliphatic carbocycles. The monoisotopic (exact) mass is 417 g/mol. The minimum Gasteiger partial charge on any atom is -0.550 e. The van der Waals surface area contributed by atoms with Crippen molar-refractivity contribution in [3.05, 3.63) is 112 Å². The molecule has 0 aliphatic heterocycles. The fourth-order valence-corrected chi connectivity index (χ4v) is 3.51. The van der Waals surface area contributed by atoms with Gasteiger partial charge in [-0.25, -0.2) is 0 Å². The summed E-state index contributed by atoms with van der Waals surface area (Å²) in [5.41, 5.74) is 2.07. The Labute approximate surface area is 179 Å². The molecular formula is C24H21N2O5-. The molecule has 0 fully saturated rings. The van der Waals surface area contributed by atoms with E-state index >= 15 is 0 Å². The molecule has 1 amide bonds. The molecule has 0 saturated carbocycles. The van der Waals surface area contributed by atoms with Gasteiger partial charge in [-0.15, -0.1) is 0 Å². The number of carboxylic acids is 1. The van der Waals surface area contributed by atoms with Crippen LogP contribution in [0.15, 0.2) is 84.9 Å². The molecule has 7 nitrogen and oxygen atoms in total. The number of nitrogens with zero attached hydrogens (tertiary/aromatic N) is 1. The summed E-state index contributed by atoms with van der Waals surface area (Å²) in [4.78, 5) is 34.7. The lowest BCUT2D eigenvalue weighted by Crippen LogP contribution is -2.34. The van der Waals surface area contributed by atoms with E-state index in [9.17, 15) is 24.8 Å². The van der Waals surface area contributed by atoms with Crippen molar-refractivity contribution >= 4 is 17.6 Å². The Balaban J connectivity index is 1.84. The molecule has 0 bridgehead atoms. The summed E-state index contributed by atoms with van der Waals surface area (Å²) >= 11 is 0. The molecule has 7 heteroatoms. The van der Waals surface area contributed by atoms with Crippen LogP contribution in [0.1, 0.15) is 41.5 Å². The van der Waals surface area contributed by atoms with Gasteiger partial charge in [-0.1, -0.05) is 72.8 Å². The van der Waals surface area contributed by atoms with Gasteiger partial charge in [0, 0.05) is 36.9 Å². The Morgan fingerprint density at radius 3 is 1.87 bits per heavy atom. The van der Waals surface area contributed by atoms with E-state index in [1.165, 1.54) is 18.2 Å². The SMILES string of the molecule is O=C([O-])CC(NC(=O)CC(c1ccccc1)c1ccccc1)c1cccc([N+](=O)[O-])c1. The first-order chi connectivity index (χ1) is 14.9. The summed E-state index contributed by atoms with van der Waals surface area (Å²) in [7, 11) is 0.